The largest absolute Gasteiger partial charge is 0.480 e. The number of nitrogens with zero attached hydrogens (tertiary/aromatic N) is 5. The van der Waals surface area contributed by atoms with E-state index in [1.54, 1.807) is 46.9 Å². The van der Waals surface area contributed by atoms with Gasteiger partial charge >= 0.3 is 0 Å². The Kier molecular flexibility index (Phi) is 4.00. The maximum Gasteiger partial charge on any atom is 0.258 e. The Bertz CT molecular complexity index is 722. The standard InChI is InChI=1S/C14H18N6O3/c1-18-7-11(4-15-18)20-6-10(3-14(20)22)17-13(21)9-23-12-5-16-19(2)8-12/h4-5,7-8,10H,3,6,9H2,1-2H3,(H,17,21). The molecule has 122 valence electrons. The summed E-state index contributed by atoms with van der Waals surface area (Å²) in [5.74, 6) is 0.235. The number of aromatic nitrogens is 4. The summed E-state index contributed by atoms with van der Waals surface area (Å²) in [5, 5.41) is 10.8. The summed E-state index contributed by atoms with van der Waals surface area (Å²) in [6.45, 7) is 0.326. The lowest BCUT2D eigenvalue weighted by molar-refractivity contribution is -0.123. The van der Waals surface area contributed by atoms with E-state index in [2.05, 4.69) is 15.5 Å². The lowest BCUT2D eigenvalue weighted by atomic mass is 10.2. The van der Waals surface area contributed by atoms with Gasteiger partial charge in [-0.05, 0) is 0 Å². The Morgan fingerprint density at radius 1 is 1.30 bits per heavy atom. The highest BCUT2D eigenvalue weighted by Gasteiger charge is 2.32. The van der Waals surface area contributed by atoms with Crippen molar-refractivity contribution < 1.29 is 14.3 Å². The van der Waals surface area contributed by atoms with Gasteiger partial charge in [-0.2, -0.15) is 10.2 Å². The van der Waals surface area contributed by atoms with Crippen LogP contribution < -0.4 is 15.0 Å². The summed E-state index contributed by atoms with van der Waals surface area (Å²) < 4.78 is 8.56. The number of carbonyl (C=O) groups is 2. The molecule has 3 rings (SSSR count). The van der Waals surface area contributed by atoms with Crippen LogP contribution in [0.25, 0.3) is 0 Å². The van der Waals surface area contributed by atoms with E-state index in [1.807, 2.05) is 0 Å². The van der Waals surface area contributed by atoms with Gasteiger partial charge in [-0.3, -0.25) is 19.0 Å². The van der Waals surface area contributed by atoms with E-state index in [9.17, 15) is 9.59 Å². The van der Waals surface area contributed by atoms with Crippen LogP contribution >= 0.6 is 0 Å². The molecule has 9 heteroatoms. The summed E-state index contributed by atoms with van der Waals surface area (Å²) in [6.07, 6.45) is 6.89. The van der Waals surface area contributed by atoms with E-state index < -0.39 is 0 Å². The number of aryl methyl sites for hydroxylation is 2. The van der Waals surface area contributed by atoms with E-state index in [0.717, 1.165) is 5.69 Å². The molecule has 1 aliphatic rings. The predicted molar refractivity (Wildman–Crippen MR) is 80.8 cm³/mol. The van der Waals surface area contributed by atoms with Crippen LogP contribution in [-0.2, 0) is 23.7 Å². The van der Waals surface area contributed by atoms with Gasteiger partial charge in [-0.15, -0.1) is 0 Å². The van der Waals surface area contributed by atoms with Crippen molar-refractivity contribution in [3.05, 3.63) is 24.8 Å². The maximum absolute atomic E-state index is 12.1. The molecule has 0 aliphatic carbocycles. The van der Waals surface area contributed by atoms with E-state index in [0.29, 0.717) is 12.3 Å². The summed E-state index contributed by atoms with van der Waals surface area (Å²) >= 11 is 0. The number of hydrogen-bond donors (Lipinski definition) is 1. The first-order chi connectivity index (χ1) is 11.0. The molecule has 1 saturated heterocycles. The Hall–Kier alpha value is -2.84. The van der Waals surface area contributed by atoms with Crippen molar-refractivity contribution >= 4 is 17.5 Å². The minimum absolute atomic E-state index is 0.0310. The lowest BCUT2D eigenvalue weighted by Gasteiger charge is -2.15. The first kappa shape index (κ1) is 15.1. The number of ether oxygens (including phenoxy) is 1. The number of anilines is 1. The zero-order valence-electron chi connectivity index (χ0n) is 13.0. The number of rotatable bonds is 5. The van der Waals surface area contributed by atoms with Gasteiger partial charge in [0, 0.05) is 33.3 Å². The van der Waals surface area contributed by atoms with Crippen molar-refractivity contribution in [2.75, 3.05) is 18.1 Å². The Morgan fingerprint density at radius 2 is 2.04 bits per heavy atom. The summed E-state index contributed by atoms with van der Waals surface area (Å²) in [6, 6.07) is -0.229. The quantitative estimate of drug-likeness (QED) is 0.798. The molecule has 2 aromatic rings. The average Bonchev–Trinajstić information content (AvgIpc) is 3.18. The molecule has 3 heterocycles. The third-order valence-electron chi connectivity index (χ3n) is 3.54. The van der Waals surface area contributed by atoms with Crippen LogP contribution in [0.2, 0.25) is 0 Å². The molecule has 0 saturated carbocycles. The SMILES string of the molecule is Cn1cc(OCC(=O)NC2CC(=O)N(c3cnn(C)c3)C2)cn1. The molecule has 1 aliphatic heterocycles. The number of amides is 2. The van der Waals surface area contributed by atoms with E-state index >= 15 is 0 Å². The highest BCUT2D eigenvalue weighted by Crippen LogP contribution is 2.20. The van der Waals surface area contributed by atoms with Crippen molar-refractivity contribution in [1.29, 1.82) is 0 Å². The minimum atomic E-state index is -0.264. The van der Waals surface area contributed by atoms with Crippen molar-refractivity contribution in [1.82, 2.24) is 24.9 Å². The van der Waals surface area contributed by atoms with Gasteiger partial charge in [0.25, 0.3) is 5.91 Å². The van der Waals surface area contributed by atoms with Crippen molar-refractivity contribution in [2.24, 2.45) is 14.1 Å². The molecule has 1 atom stereocenters. The van der Waals surface area contributed by atoms with Gasteiger partial charge in [0.15, 0.2) is 12.4 Å². The molecule has 0 spiro atoms. The fourth-order valence-electron chi connectivity index (χ4n) is 2.49. The van der Waals surface area contributed by atoms with Crippen LogP contribution in [0.15, 0.2) is 24.8 Å². The summed E-state index contributed by atoms with van der Waals surface area (Å²) in [5.41, 5.74) is 0.737. The molecular formula is C14H18N6O3. The van der Waals surface area contributed by atoms with Crippen molar-refractivity contribution in [3.63, 3.8) is 0 Å². The van der Waals surface area contributed by atoms with Gasteiger partial charge < -0.3 is 15.0 Å². The normalized spacial score (nSPS) is 17.6. The van der Waals surface area contributed by atoms with Crippen molar-refractivity contribution in [3.8, 4) is 5.75 Å². The van der Waals surface area contributed by atoms with Crippen LogP contribution in [0.5, 0.6) is 5.75 Å². The lowest BCUT2D eigenvalue weighted by Crippen LogP contribution is -2.39. The van der Waals surface area contributed by atoms with Gasteiger partial charge in [-0.25, -0.2) is 0 Å². The molecule has 2 amide bonds. The molecule has 1 N–H and O–H groups in total. The number of hydrogen-bond acceptors (Lipinski definition) is 5. The molecule has 9 nitrogen and oxygen atoms in total. The summed E-state index contributed by atoms with van der Waals surface area (Å²) in [7, 11) is 3.56. The molecular weight excluding hydrogens is 300 g/mol. The van der Waals surface area contributed by atoms with E-state index in [-0.39, 0.29) is 30.9 Å². The Labute approximate surface area is 132 Å². The third kappa shape index (κ3) is 3.50. The van der Waals surface area contributed by atoms with Crippen LogP contribution in [0, 0.1) is 0 Å². The number of nitrogens with one attached hydrogen (secondary N) is 1. The molecule has 0 aromatic carbocycles. The first-order valence-electron chi connectivity index (χ1n) is 7.21. The average molecular weight is 318 g/mol. The second kappa shape index (κ2) is 6.11. The zero-order chi connectivity index (χ0) is 16.4. The highest BCUT2D eigenvalue weighted by molar-refractivity contribution is 5.96. The topological polar surface area (TPSA) is 94.3 Å². The molecule has 1 unspecified atom stereocenters. The first-order valence-corrected chi connectivity index (χ1v) is 7.21. The zero-order valence-corrected chi connectivity index (χ0v) is 13.0. The van der Waals surface area contributed by atoms with Gasteiger partial charge in [0.2, 0.25) is 5.91 Å². The molecule has 23 heavy (non-hydrogen) atoms. The monoisotopic (exact) mass is 318 g/mol. The minimum Gasteiger partial charge on any atom is -0.480 e. The fourth-order valence-corrected chi connectivity index (χ4v) is 2.49. The third-order valence-corrected chi connectivity index (χ3v) is 3.54. The Morgan fingerprint density at radius 3 is 2.70 bits per heavy atom. The van der Waals surface area contributed by atoms with Gasteiger partial charge in [0.05, 0.1) is 30.3 Å². The van der Waals surface area contributed by atoms with E-state index in [4.69, 9.17) is 4.74 Å². The highest BCUT2D eigenvalue weighted by atomic mass is 16.5. The number of carbonyl (C=O) groups excluding carboxylic acids is 2. The molecule has 0 radical (unpaired) electrons. The fraction of sp³-hybridized carbons (Fsp3) is 0.429. The molecule has 2 aromatic heterocycles. The van der Waals surface area contributed by atoms with Gasteiger partial charge in [-0.1, -0.05) is 0 Å². The van der Waals surface area contributed by atoms with Crippen molar-refractivity contribution in [2.45, 2.75) is 12.5 Å². The van der Waals surface area contributed by atoms with Crippen LogP contribution in [-0.4, -0.2) is 50.6 Å². The molecule has 0 bridgehead atoms. The van der Waals surface area contributed by atoms with E-state index in [1.165, 1.54) is 6.20 Å². The summed E-state index contributed by atoms with van der Waals surface area (Å²) in [4.78, 5) is 25.6. The van der Waals surface area contributed by atoms with Crippen LogP contribution in [0.3, 0.4) is 0 Å². The Balaban J connectivity index is 1.50. The molecule has 1 fully saturated rings. The van der Waals surface area contributed by atoms with Crippen LogP contribution in [0.1, 0.15) is 6.42 Å². The van der Waals surface area contributed by atoms with Gasteiger partial charge in [0.1, 0.15) is 0 Å². The smallest absolute Gasteiger partial charge is 0.258 e. The predicted octanol–water partition coefficient (Wildman–Crippen LogP) is -0.546. The maximum atomic E-state index is 12.1. The second-order valence-corrected chi connectivity index (χ2v) is 5.48. The second-order valence-electron chi connectivity index (χ2n) is 5.48. The van der Waals surface area contributed by atoms with Crippen LogP contribution in [0.4, 0.5) is 5.69 Å².